The van der Waals surface area contributed by atoms with Gasteiger partial charge in [0.15, 0.2) is 0 Å². The topological polar surface area (TPSA) is 72.2 Å². The Labute approximate surface area is 113 Å². The van der Waals surface area contributed by atoms with Crippen LogP contribution in [0.25, 0.3) is 0 Å². The Kier molecular flexibility index (Phi) is 6.14. The number of benzene rings is 1. The summed E-state index contributed by atoms with van der Waals surface area (Å²) < 4.78 is 26.8. The van der Waals surface area contributed by atoms with E-state index < -0.39 is 10.0 Å². The van der Waals surface area contributed by atoms with E-state index in [0.717, 1.165) is 17.7 Å². The van der Waals surface area contributed by atoms with Crippen LogP contribution in [0.4, 0.5) is 0 Å². The summed E-state index contributed by atoms with van der Waals surface area (Å²) in [7, 11) is -3.41. The van der Waals surface area contributed by atoms with Gasteiger partial charge in [0.25, 0.3) is 0 Å². The Morgan fingerprint density at radius 3 is 2.44 bits per heavy atom. The second-order valence-corrected chi connectivity index (χ2v) is 6.85. The molecule has 0 bridgehead atoms. The molecule has 6 heteroatoms. The van der Waals surface area contributed by atoms with E-state index in [2.05, 4.69) is 4.72 Å². The lowest BCUT2D eigenvalue weighted by Crippen LogP contribution is -2.33. The molecule has 0 aliphatic rings. The Balaban J connectivity index is 2.73. The first-order valence-corrected chi connectivity index (χ1v) is 8.67. The van der Waals surface area contributed by atoms with Gasteiger partial charge in [-0.05, 0) is 43.0 Å². The highest BCUT2D eigenvalue weighted by atomic mass is 32.2. The third-order valence-corrected chi connectivity index (χ3v) is 4.83. The standard InChI is InChI=1S/C12H20N2O2S2/c1-10(7-8-17-2)14-18(15,16)12-5-3-11(9-13)4-6-12/h3-6,10,14H,7-9,13H2,1-2H3. The predicted octanol–water partition coefficient (Wildman–Crippen LogP) is 1.57. The molecule has 1 atom stereocenters. The summed E-state index contributed by atoms with van der Waals surface area (Å²) in [4.78, 5) is 0.288. The molecule has 1 unspecified atom stereocenters. The van der Waals surface area contributed by atoms with Crippen LogP contribution in [-0.2, 0) is 16.6 Å². The van der Waals surface area contributed by atoms with Crippen LogP contribution in [0.15, 0.2) is 29.2 Å². The molecule has 1 aromatic carbocycles. The first-order valence-electron chi connectivity index (χ1n) is 5.80. The van der Waals surface area contributed by atoms with E-state index in [9.17, 15) is 8.42 Å². The predicted molar refractivity (Wildman–Crippen MR) is 77.1 cm³/mol. The first-order chi connectivity index (χ1) is 8.49. The Bertz CT molecular complexity index is 457. The molecule has 0 fully saturated rings. The molecular weight excluding hydrogens is 268 g/mol. The molecule has 0 aromatic heterocycles. The molecule has 0 aliphatic carbocycles. The van der Waals surface area contributed by atoms with Gasteiger partial charge in [0, 0.05) is 12.6 Å². The van der Waals surface area contributed by atoms with Gasteiger partial charge in [-0.3, -0.25) is 0 Å². The second kappa shape index (κ2) is 7.13. The van der Waals surface area contributed by atoms with E-state index in [1.54, 1.807) is 36.0 Å². The number of sulfonamides is 1. The molecule has 4 nitrogen and oxygen atoms in total. The third kappa shape index (κ3) is 4.61. The van der Waals surface area contributed by atoms with Crippen molar-refractivity contribution in [2.75, 3.05) is 12.0 Å². The lowest BCUT2D eigenvalue weighted by molar-refractivity contribution is 0.557. The smallest absolute Gasteiger partial charge is 0.240 e. The molecule has 0 spiro atoms. The molecule has 18 heavy (non-hydrogen) atoms. The minimum Gasteiger partial charge on any atom is -0.326 e. The zero-order valence-electron chi connectivity index (χ0n) is 10.7. The van der Waals surface area contributed by atoms with Crippen molar-refractivity contribution in [1.82, 2.24) is 4.72 Å². The van der Waals surface area contributed by atoms with Crippen molar-refractivity contribution in [2.24, 2.45) is 5.73 Å². The zero-order valence-corrected chi connectivity index (χ0v) is 12.4. The summed E-state index contributed by atoms with van der Waals surface area (Å²) in [6.07, 6.45) is 2.83. The third-order valence-electron chi connectivity index (χ3n) is 2.58. The van der Waals surface area contributed by atoms with Gasteiger partial charge < -0.3 is 5.73 Å². The molecule has 3 N–H and O–H groups in total. The fraction of sp³-hybridized carbons (Fsp3) is 0.500. The van der Waals surface area contributed by atoms with Gasteiger partial charge >= 0.3 is 0 Å². The van der Waals surface area contributed by atoms with E-state index in [1.165, 1.54) is 0 Å². The average Bonchev–Trinajstić information content (AvgIpc) is 2.36. The molecule has 0 aliphatic heterocycles. The van der Waals surface area contributed by atoms with Crippen molar-refractivity contribution >= 4 is 21.8 Å². The number of rotatable bonds is 7. The molecule has 0 saturated heterocycles. The summed E-state index contributed by atoms with van der Waals surface area (Å²) >= 11 is 1.71. The highest BCUT2D eigenvalue weighted by Crippen LogP contribution is 2.12. The van der Waals surface area contributed by atoms with Gasteiger partial charge in [0.2, 0.25) is 10.0 Å². The van der Waals surface area contributed by atoms with E-state index in [1.807, 2.05) is 13.2 Å². The normalized spacial score (nSPS) is 13.5. The number of thioether (sulfide) groups is 1. The Morgan fingerprint density at radius 2 is 1.94 bits per heavy atom. The van der Waals surface area contributed by atoms with Crippen LogP contribution in [0.3, 0.4) is 0 Å². The van der Waals surface area contributed by atoms with Gasteiger partial charge in [-0.1, -0.05) is 12.1 Å². The van der Waals surface area contributed by atoms with E-state index in [0.29, 0.717) is 6.54 Å². The van der Waals surface area contributed by atoms with Crippen molar-refractivity contribution in [3.05, 3.63) is 29.8 Å². The zero-order chi connectivity index (χ0) is 13.6. The second-order valence-electron chi connectivity index (χ2n) is 4.15. The van der Waals surface area contributed by atoms with Crippen molar-refractivity contribution < 1.29 is 8.42 Å². The number of nitrogens with one attached hydrogen (secondary N) is 1. The maximum Gasteiger partial charge on any atom is 0.240 e. The van der Waals surface area contributed by atoms with E-state index >= 15 is 0 Å². The van der Waals surface area contributed by atoms with Crippen LogP contribution in [0.2, 0.25) is 0 Å². The molecule has 1 rings (SSSR count). The number of hydrogen-bond acceptors (Lipinski definition) is 4. The lowest BCUT2D eigenvalue weighted by atomic mass is 10.2. The van der Waals surface area contributed by atoms with Crippen molar-refractivity contribution in [3.63, 3.8) is 0 Å². The monoisotopic (exact) mass is 288 g/mol. The fourth-order valence-corrected chi connectivity index (χ4v) is 3.36. The van der Waals surface area contributed by atoms with Crippen LogP contribution in [-0.4, -0.2) is 26.5 Å². The molecule has 1 aromatic rings. The maximum absolute atomic E-state index is 12.1. The fourth-order valence-electron chi connectivity index (χ4n) is 1.49. The van der Waals surface area contributed by atoms with Gasteiger partial charge in [0.05, 0.1) is 4.90 Å². The van der Waals surface area contributed by atoms with Crippen molar-refractivity contribution in [2.45, 2.75) is 30.8 Å². The molecule has 0 saturated carbocycles. The van der Waals surface area contributed by atoms with Gasteiger partial charge in [-0.2, -0.15) is 11.8 Å². The van der Waals surface area contributed by atoms with Crippen molar-refractivity contribution in [3.8, 4) is 0 Å². The number of hydrogen-bond donors (Lipinski definition) is 2. The quantitative estimate of drug-likeness (QED) is 0.799. The largest absolute Gasteiger partial charge is 0.326 e. The highest BCUT2D eigenvalue weighted by molar-refractivity contribution is 7.98. The number of nitrogens with two attached hydrogens (primary N) is 1. The van der Waals surface area contributed by atoms with Crippen molar-refractivity contribution in [1.29, 1.82) is 0 Å². The first kappa shape index (κ1) is 15.5. The molecule has 0 amide bonds. The molecule has 0 heterocycles. The Hall–Kier alpha value is -0.560. The van der Waals surface area contributed by atoms with Crippen LogP contribution < -0.4 is 10.5 Å². The van der Waals surface area contributed by atoms with E-state index in [4.69, 9.17) is 5.73 Å². The maximum atomic E-state index is 12.1. The average molecular weight is 288 g/mol. The summed E-state index contributed by atoms with van der Waals surface area (Å²) in [5, 5.41) is 0. The molecule has 0 radical (unpaired) electrons. The molecular formula is C12H20N2O2S2. The summed E-state index contributed by atoms with van der Waals surface area (Å²) in [5.74, 6) is 0.940. The van der Waals surface area contributed by atoms with Crippen LogP contribution in [0.1, 0.15) is 18.9 Å². The van der Waals surface area contributed by atoms with E-state index in [-0.39, 0.29) is 10.9 Å². The molecule has 102 valence electrons. The summed E-state index contributed by atoms with van der Waals surface area (Å²) in [5.41, 5.74) is 6.40. The van der Waals surface area contributed by atoms with Crippen LogP contribution in [0, 0.1) is 0 Å². The van der Waals surface area contributed by atoms with Gasteiger partial charge in [-0.25, -0.2) is 13.1 Å². The summed E-state index contributed by atoms with van der Waals surface area (Å²) in [6, 6.07) is 6.59. The van der Waals surface area contributed by atoms with Gasteiger partial charge in [0.1, 0.15) is 0 Å². The lowest BCUT2D eigenvalue weighted by Gasteiger charge is -2.13. The highest BCUT2D eigenvalue weighted by Gasteiger charge is 2.16. The Morgan fingerprint density at radius 1 is 1.33 bits per heavy atom. The SMILES string of the molecule is CSCCC(C)NS(=O)(=O)c1ccc(CN)cc1. The summed E-state index contributed by atoms with van der Waals surface area (Å²) in [6.45, 7) is 2.29. The van der Waals surface area contributed by atoms with Gasteiger partial charge in [-0.15, -0.1) is 0 Å². The van der Waals surface area contributed by atoms with Crippen LogP contribution >= 0.6 is 11.8 Å². The minimum atomic E-state index is -3.41. The van der Waals surface area contributed by atoms with Crippen LogP contribution in [0.5, 0.6) is 0 Å². The minimum absolute atomic E-state index is 0.0587.